The van der Waals surface area contributed by atoms with Crippen molar-refractivity contribution in [2.24, 2.45) is 0 Å². The van der Waals surface area contributed by atoms with Crippen LogP contribution in [-0.4, -0.2) is 21.5 Å². The molecule has 0 atom stereocenters. The Kier molecular flexibility index (Phi) is 4.81. The number of nitrogens with one attached hydrogen (secondary N) is 1. The van der Waals surface area contributed by atoms with Crippen LogP contribution in [0.2, 0.25) is 0 Å². The lowest BCUT2D eigenvalue weighted by Crippen LogP contribution is -2.19. The van der Waals surface area contributed by atoms with E-state index in [1.807, 2.05) is 19.1 Å². The molecule has 0 aliphatic rings. The molecule has 0 fully saturated rings. The first-order valence-corrected chi connectivity index (χ1v) is 8.16. The summed E-state index contributed by atoms with van der Waals surface area (Å²) in [6, 6.07) is 3.97. The van der Waals surface area contributed by atoms with Crippen LogP contribution in [0.3, 0.4) is 0 Å². The van der Waals surface area contributed by atoms with E-state index in [0.717, 1.165) is 32.9 Å². The van der Waals surface area contributed by atoms with Crippen LogP contribution in [0.1, 0.15) is 39.0 Å². The first-order chi connectivity index (χ1) is 9.84. The van der Waals surface area contributed by atoms with Crippen molar-refractivity contribution in [1.82, 2.24) is 15.0 Å². The van der Waals surface area contributed by atoms with E-state index in [4.69, 9.17) is 4.98 Å². The first kappa shape index (κ1) is 16.1. The van der Waals surface area contributed by atoms with Gasteiger partial charge in [-0.3, -0.25) is 4.98 Å². The van der Waals surface area contributed by atoms with Crippen molar-refractivity contribution in [3.05, 3.63) is 33.2 Å². The van der Waals surface area contributed by atoms with Crippen LogP contribution in [0.4, 0.5) is 5.82 Å². The number of aryl methyl sites for hydroxylation is 1. The Morgan fingerprint density at radius 1 is 1.24 bits per heavy atom. The van der Waals surface area contributed by atoms with E-state index in [2.05, 4.69) is 65.6 Å². The Morgan fingerprint density at radius 2 is 1.95 bits per heavy atom. The highest BCUT2D eigenvalue weighted by molar-refractivity contribution is 14.1. The van der Waals surface area contributed by atoms with E-state index < -0.39 is 0 Å². The Hall–Kier alpha value is -1.24. The summed E-state index contributed by atoms with van der Waals surface area (Å²) in [5.74, 6) is 1.58. The monoisotopic (exact) mass is 396 g/mol. The molecule has 2 aromatic heterocycles. The highest BCUT2D eigenvalue weighted by Crippen LogP contribution is 2.31. The number of hydrogen-bond donors (Lipinski definition) is 1. The fourth-order valence-electron chi connectivity index (χ4n) is 2.05. The molecular weight excluding hydrogens is 375 g/mol. The molecule has 0 saturated carbocycles. The van der Waals surface area contributed by atoms with Crippen molar-refractivity contribution in [2.75, 3.05) is 11.9 Å². The number of rotatable bonds is 3. The van der Waals surface area contributed by atoms with Gasteiger partial charge in [0.2, 0.25) is 0 Å². The Balaban J connectivity index is 2.68. The van der Waals surface area contributed by atoms with Crippen LogP contribution in [0.25, 0.3) is 11.5 Å². The molecule has 2 rings (SSSR count). The van der Waals surface area contributed by atoms with Gasteiger partial charge in [-0.1, -0.05) is 26.8 Å². The second-order valence-electron chi connectivity index (χ2n) is 6.01. The maximum absolute atomic E-state index is 4.80. The molecule has 0 saturated heterocycles. The quantitative estimate of drug-likeness (QED) is 0.791. The van der Waals surface area contributed by atoms with E-state index in [1.165, 1.54) is 0 Å². The average molecular weight is 396 g/mol. The number of pyridine rings is 1. The summed E-state index contributed by atoms with van der Waals surface area (Å²) >= 11 is 2.33. The smallest absolute Gasteiger partial charge is 0.180 e. The number of halogens is 1. The van der Waals surface area contributed by atoms with Gasteiger partial charge < -0.3 is 5.32 Å². The Bertz CT molecular complexity index is 647. The molecule has 0 unspecified atom stereocenters. The molecule has 5 heteroatoms. The van der Waals surface area contributed by atoms with Gasteiger partial charge in [0.15, 0.2) is 5.82 Å². The summed E-state index contributed by atoms with van der Waals surface area (Å²) in [5.41, 5.74) is 2.94. The van der Waals surface area contributed by atoms with Gasteiger partial charge in [-0.2, -0.15) is 0 Å². The van der Waals surface area contributed by atoms with Gasteiger partial charge in [-0.25, -0.2) is 9.97 Å². The molecule has 2 heterocycles. The van der Waals surface area contributed by atoms with Gasteiger partial charge in [0.05, 0.1) is 9.26 Å². The van der Waals surface area contributed by atoms with Crippen molar-refractivity contribution in [1.29, 1.82) is 0 Å². The lowest BCUT2D eigenvalue weighted by Gasteiger charge is -2.22. The highest BCUT2D eigenvalue weighted by atomic mass is 127. The summed E-state index contributed by atoms with van der Waals surface area (Å²) < 4.78 is 1.08. The van der Waals surface area contributed by atoms with Gasteiger partial charge >= 0.3 is 0 Å². The molecule has 0 spiro atoms. The second-order valence-corrected chi connectivity index (χ2v) is 7.09. The SMILES string of the molecule is CCNc1nc(-c2ncccc2C)nc(C(C)(C)C)c1I. The predicted molar refractivity (Wildman–Crippen MR) is 95.6 cm³/mol. The molecule has 0 radical (unpaired) electrons. The average Bonchev–Trinajstić information content (AvgIpc) is 2.41. The van der Waals surface area contributed by atoms with Gasteiger partial charge in [0.1, 0.15) is 11.5 Å². The molecule has 112 valence electrons. The molecular formula is C16H21IN4. The minimum absolute atomic E-state index is 0.0406. The zero-order valence-electron chi connectivity index (χ0n) is 13.2. The first-order valence-electron chi connectivity index (χ1n) is 7.08. The Labute approximate surface area is 140 Å². The molecule has 4 nitrogen and oxygen atoms in total. The fraction of sp³-hybridized carbons (Fsp3) is 0.438. The minimum atomic E-state index is -0.0406. The number of hydrogen-bond acceptors (Lipinski definition) is 4. The summed E-state index contributed by atoms with van der Waals surface area (Å²) in [4.78, 5) is 13.9. The second kappa shape index (κ2) is 6.25. The van der Waals surface area contributed by atoms with E-state index in [1.54, 1.807) is 6.20 Å². The largest absolute Gasteiger partial charge is 0.369 e. The van der Waals surface area contributed by atoms with Gasteiger partial charge in [-0.05, 0) is 48.1 Å². The third-order valence-corrected chi connectivity index (χ3v) is 4.15. The van der Waals surface area contributed by atoms with Crippen LogP contribution < -0.4 is 5.32 Å². The standard InChI is InChI=1S/C16H21IN4/c1-6-18-14-11(17)13(16(3,4)5)20-15(21-14)12-10(2)8-7-9-19-12/h7-9H,6H2,1-5H3,(H,18,20,21). The van der Waals surface area contributed by atoms with Crippen molar-refractivity contribution in [3.8, 4) is 11.5 Å². The minimum Gasteiger partial charge on any atom is -0.369 e. The third-order valence-electron chi connectivity index (χ3n) is 3.13. The van der Waals surface area contributed by atoms with Crippen LogP contribution in [0.5, 0.6) is 0 Å². The maximum atomic E-state index is 4.80. The van der Waals surface area contributed by atoms with Crippen LogP contribution in [0.15, 0.2) is 18.3 Å². The summed E-state index contributed by atoms with van der Waals surface area (Å²) in [7, 11) is 0. The zero-order chi connectivity index (χ0) is 15.6. The maximum Gasteiger partial charge on any atom is 0.180 e. The summed E-state index contributed by atoms with van der Waals surface area (Å²) in [6.45, 7) is 11.4. The molecule has 2 aromatic rings. The van der Waals surface area contributed by atoms with E-state index in [0.29, 0.717) is 5.82 Å². The van der Waals surface area contributed by atoms with Crippen LogP contribution >= 0.6 is 22.6 Å². The zero-order valence-corrected chi connectivity index (χ0v) is 15.3. The molecule has 0 aliphatic carbocycles. The van der Waals surface area contributed by atoms with Gasteiger partial charge in [0, 0.05) is 18.2 Å². The molecule has 0 aromatic carbocycles. The molecule has 0 amide bonds. The van der Waals surface area contributed by atoms with Crippen LogP contribution in [0, 0.1) is 10.5 Å². The van der Waals surface area contributed by atoms with Crippen molar-refractivity contribution < 1.29 is 0 Å². The van der Waals surface area contributed by atoms with E-state index in [9.17, 15) is 0 Å². The predicted octanol–water partition coefficient (Wildman–Crippen LogP) is 4.18. The highest BCUT2D eigenvalue weighted by Gasteiger charge is 2.24. The number of anilines is 1. The lowest BCUT2D eigenvalue weighted by atomic mass is 9.91. The van der Waals surface area contributed by atoms with Gasteiger partial charge in [0.25, 0.3) is 0 Å². The van der Waals surface area contributed by atoms with Crippen LogP contribution in [-0.2, 0) is 5.41 Å². The van der Waals surface area contributed by atoms with E-state index >= 15 is 0 Å². The van der Waals surface area contributed by atoms with Crippen molar-refractivity contribution in [3.63, 3.8) is 0 Å². The fourth-order valence-corrected chi connectivity index (χ4v) is 3.30. The summed E-state index contributed by atoms with van der Waals surface area (Å²) in [5, 5.41) is 3.33. The topological polar surface area (TPSA) is 50.7 Å². The van der Waals surface area contributed by atoms with Gasteiger partial charge in [-0.15, -0.1) is 0 Å². The summed E-state index contributed by atoms with van der Waals surface area (Å²) in [6.07, 6.45) is 1.79. The number of aromatic nitrogens is 3. The normalized spacial score (nSPS) is 11.5. The molecule has 21 heavy (non-hydrogen) atoms. The molecule has 1 N–H and O–H groups in total. The third kappa shape index (κ3) is 3.51. The lowest BCUT2D eigenvalue weighted by molar-refractivity contribution is 0.564. The van der Waals surface area contributed by atoms with Crippen molar-refractivity contribution in [2.45, 2.75) is 40.0 Å². The van der Waals surface area contributed by atoms with Crippen molar-refractivity contribution >= 4 is 28.4 Å². The van der Waals surface area contributed by atoms with E-state index in [-0.39, 0.29) is 5.41 Å². The molecule has 0 bridgehead atoms. The number of nitrogens with zero attached hydrogens (tertiary/aromatic N) is 3. The molecule has 0 aliphatic heterocycles. The Morgan fingerprint density at radius 3 is 2.52 bits per heavy atom.